The lowest BCUT2D eigenvalue weighted by Crippen LogP contribution is -2.55. The number of rotatable bonds is 9. The Morgan fingerprint density at radius 1 is 1.22 bits per heavy atom. The summed E-state index contributed by atoms with van der Waals surface area (Å²) < 4.78 is 11.4. The fourth-order valence-corrected chi connectivity index (χ4v) is 6.05. The number of ether oxygens (including phenoxy) is 2. The molecule has 4 N–H and O–H groups in total. The van der Waals surface area contributed by atoms with Gasteiger partial charge in [0.2, 0.25) is 5.91 Å². The summed E-state index contributed by atoms with van der Waals surface area (Å²) in [5.74, 6) is -0.380. The Hall–Kier alpha value is -1.71. The average molecular weight is 552 g/mol. The van der Waals surface area contributed by atoms with E-state index in [4.69, 9.17) is 38.4 Å². The number of nitrogens with two attached hydrogens (primary N) is 1. The van der Waals surface area contributed by atoms with E-state index in [9.17, 15) is 15.0 Å². The van der Waals surface area contributed by atoms with Crippen LogP contribution in [0.1, 0.15) is 37.7 Å². The van der Waals surface area contributed by atoms with Crippen molar-refractivity contribution in [3.8, 4) is 11.1 Å². The molecule has 37 heavy (non-hydrogen) atoms. The molecule has 4 rings (SSSR count). The van der Waals surface area contributed by atoms with Crippen molar-refractivity contribution in [3.05, 3.63) is 58.1 Å². The number of halogens is 2. The van der Waals surface area contributed by atoms with Gasteiger partial charge in [0.25, 0.3) is 0 Å². The highest BCUT2D eigenvalue weighted by Crippen LogP contribution is 2.43. The second-order valence-electron chi connectivity index (χ2n) is 10.1. The summed E-state index contributed by atoms with van der Waals surface area (Å²) in [5, 5.41) is 23.6. The quantitative estimate of drug-likeness (QED) is 0.407. The van der Waals surface area contributed by atoms with Crippen molar-refractivity contribution in [1.82, 2.24) is 4.90 Å². The van der Waals surface area contributed by atoms with Crippen molar-refractivity contribution in [2.24, 2.45) is 11.7 Å². The number of hydrogen-bond donors (Lipinski definition) is 3. The van der Waals surface area contributed by atoms with Gasteiger partial charge in [-0.05, 0) is 61.4 Å². The third kappa shape index (κ3) is 6.31. The van der Waals surface area contributed by atoms with Gasteiger partial charge in [-0.3, -0.25) is 4.79 Å². The van der Waals surface area contributed by atoms with Gasteiger partial charge in [0, 0.05) is 47.8 Å². The summed E-state index contributed by atoms with van der Waals surface area (Å²) in [6.07, 6.45) is 1.30. The van der Waals surface area contributed by atoms with Crippen LogP contribution in [0, 0.1) is 5.92 Å². The van der Waals surface area contributed by atoms with Crippen LogP contribution in [0.15, 0.2) is 42.5 Å². The normalized spacial score (nSPS) is 25.7. The second kappa shape index (κ2) is 12.4. The third-order valence-corrected chi connectivity index (χ3v) is 8.14. The molecule has 0 radical (unpaired) electrons. The number of methoxy groups -OCH3 is 1. The first kappa shape index (κ1) is 28.3. The first-order valence-electron chi connectivity index (χ1n) is 12.8. The van der Waals surface area contributed by atoms with Crippen LogP contribution in [0.3, 0.4) is 0 Å². The predicted molar refractivity (Wildman–Crippen MR) is 145 cm³/mol. The van der Waals surface area contributed by atoms with E-state index < -0.39 is 23.9 Å². The van der Waals surface area contributed by atoms with E-state index in [2.05, 4.69) is 0 Å². The molecule has 0 bridgehead atoms. The molecule has 2 aromatic carbocycles. The zero-order valence-electron chi connectivity index (χ0n) is 21.1. The predicted octanol–water partition coefficient (Wildman–Crippen LogP) is 3.99. The fraction of sp³-hybridized carbons (Fsp3) is 0.536. The minimum Gasteiger partial charge on any atom is -0.391 e. The summed E-state index contributed by atoms with van der Waals surface area (Å²) in [4.78, 5) is 15.1. The van der Waals surface area contributed by atoms with Gasteiger partial charge in [0.1, 0.15) is 11.7 Å². The monoisotopic (exact) mass is 550 g/mol. The number of benzene rings is 2. The third-order valence-electron chi connectivity index (χ3n) is 7.59. The molecule has 7 nitrogen and oxygen atoms in total. The maximum absolute atomic E-state index is 13.3. The number of aliphatic hydroxyl groups excluding tert-OH is 1. The van der Waals surface area contributed by atoms with Crippen molar-refractivity contribution in [2.75, 3.05) is 33.4 Å². The van der Waals surface area contributed by atoms with Crippen molar-refractivity contribution in [2.45, 2.75) is 56.0 Å². The lowest BCUT2D eigenvalue weighted by Gasteiger charge is -2.44. The standard InChI is InChI=1S/C28H36Cl2N2O5/c1-36-12-3-2-10-28(35,21-8-5-9-22(30)26(21)18-6-4-7-20(29)14-18)25-17-32(11-13-37-25)27(34)19-15-23(31)24(33)16-19/h4-9,14,19,23-25,33,35H,2-3,10-13,15-17,31H2,1H3/t19-,23+,24-,25+,28+/m0/s1. The Morgan fingerprint density at radius 3 is 2.70 bits per heavy atom. The van der Waals surface area contributed by atoms with Crippen molar-refractivity contribution >= 4 is 29.1 Å². The molecule has 1 heterocycles. The van der Waals surface area contributed by atoms with Crippen LogP contribution in [0.4, 0.5) is 0 Å². The fourth-order valence-electron chi connectivity index (χ4n) is 5.58. The molecule has 1 amide bonds. The van der Waals surface area contributed by atoms with Crippen LogP contribution in [0.25, 0.3) is 11.1 Å². The Bertz CT molecular complexity index is 1080. The summed E-state index contributed by atoms with van der Waals surface area (Å²) in [7, 11) is 1.65. The minimum absolute atomic E-state index is 0.0526. The molecule has 5 atom stereocenters. The van der Waals surface area contributed by atoms with E-state index in [1.807, 2.05) is 30.3 Å². The molecule has 1 saturated carbocycles. The zero-order chi connectivity index (χ0) is 26.6. The molecule has 9 heteroatoms. The molecular formula is C28H36Cl2N2O5. The number of carbonyl (C=O) groups is 1. The summed E-state index contributed by atoms with van der Waals surface area (Å²) >= 11 is 13.0. The van der Waals surface area contributed by atoms with E-state index in [0.717, 1.165) is 12.0 Å². The molecule has 1 saturated heterocycles. The number of nitrogens with zero attached hydrogens (tertiary/aromatic N) is 1. The van der Waals surface area contributed by atoms with Gasteiger partial charge in [0.05, 0.1) is 19.3 Å². The van der Waals surface area contributed by atoms with Crippen LogP contribution < -0.4 is 5.73 Å². The van der Waals surface area contributed by atoms with Crippen LogP contribution in [-0.2, 0) is 19.9 Å². The Kier molecular flexibility index (Phi) is 9.51. The summed E-state index contributed by atoms with van der Waals surface area (Å²) in [5.41, 5.74) is 6.66. The van der Waals surface area contributed by atoms with Crippen LogP contribution >= 0.6 is 23.2 Å². The lowest BCUT2D eigenvalue weighted by atomic mass is 9.79. The molecule has 1 aliphatic carbocycles. The topological polar surface area (TPSA) is 105 Å². The first-order valence-corrected chi connectivity index (χ1v) is 13.6. The average Bonchev–Trinajstić information content (AvgIpc) is 3.23. The molecule has 2 aromatic rings. The highest BCUT2D eigenvalue weighted by atomic mass is 35.5. The van der Waals surface area contributed by atoms with E-state index in [-0.39, 0.29) is 18.4 Å². The van der Waals surface area contributed by atoms with Gasteiger partial charge in [-0.25, -0.2) is 0 Å². The number of hydrogen-bond acceptors (Lipinski definition) is 6. The lowest BCUT2D eigenvalue weighted by molar-refractivity contribution is -0.167. The molecule has 2 fully saturated rings. The van der Waals surface area contributed by atoms with E-state index in [1.54, 1.807) is 24.1 Å². The SMILES string of the molecule is COCCCC[C@@](O)(c1cccc(Cl)c1-c1cccc(Cl)c1)[C@H]1CN(C(=O)[C@H]2C[C@@H](N)[C@@H](O)C2)CCO1. The number of carbonyl (C=O) groups excluding carboxylic acids is 1. The molecule has 0 unspecified atom stereocenters. The molecule has 0 spiro atoms. The molecule has 1 aliphatic heterocycles. The molecule has 2 aliphatic rings. The highest BCUT2D eigenvalue weighted by Gasteiger charge is 2.45. The number of morpholine rings is 1. The second-order valence-corrected chi connectivity index (χ2v) is 10.9. The van der Waals surface area contributed by atoms with Crippen LogP contribution in [0.2, 0.25) is 10.0 Å². The number of amides is 1. The zero-order valence-corrected chi connectivity index (χ0v) is 22.6. The molecule has 202 valence electrons. The van der Waals surface area contributed by atoms with Gasteiger partial charge >= 0.3 is 0 Å². The van der Waals surface area contributed by atoms with Gasteiger partial charge < -0.3 is 30.3 Å². The Labute approximate surface area is 228 Å². The van der Waals surface area contributed by atoms with Gasteiger partial charge in [-0.1, -0.05) is 47.5 Å². The largest absolute Gasteiger partial charge is 0.391 e. The Morgan fingerprint density at radius 2 is 2.00 bits per heavy atom. The van der Waals surface area contributed by atoms with Crippen molar-refractivity contribution < 1.29 is 24.5 Å². The van der Waals surface area contributed by atoms with Crippen LogP contribution in [-0.4, -0.2) is 72.7 Å². The van der Waals surface area contributed by atoms with Gasteiger partial charge in [0.15, 0.2) is 0 Å². The van der Waals surface area contributed by atoms with Crippen molar-refractivity contribution in [1.29, 1.82) is 0 Å². The smallest absolute Gasteiger partial charge is 0.226 e. The van der Waals surface area contributed by atoms with E-state index in [1.165, 1.54) is 0 Å². The van der Waals surface area contributed by atoms with E-state index >= 15 is 0 Å². The summed E-state index contributed by atoms with van der Waals surface area (Å²) in [6, 6.07) is 12.5. The Balaban J connectivity index is 1.68. The van der Waals surface area contributed by atoms with Crippen molar-refractivity contribution in [3.63, 3.8) is 0 Å². The highest BCUT2D eigenvalue weighted by molar-refractivity contribution is 6.34. The maximum Gasteiger partial charge on any atom is 0.226 e. The summed E-state index contributed by atoms with van der Waals surface area (Å²) in [6.45, 7) is 1.52. The number of aliphatic hydroxyl groups is 2. The maximum atomic E-state index is 13.3. The molecular weight excluding hydrogens is 515 g/mol. The first-order chi connectivity index (χ1) is 17.7. The minimum atomic E-state index is -1.43. The van der Waals surface area contributed by atoms with E-state index in [0.29, 0.717) is 66.6 Å². The number of unbranched alkanes of at least 4 members (excludes halogenated alkanes) is 1. The van der Waals surface area contributed by atoms with Crippen LogP contribution in [0.5, 0.6) is 0 Å². The molecule has 0 aromatic heterocycles. The van der Waals surface area contributed by atoms with Gasteiger partial charge in [-0.15, -0.1) is 0 Å². The van der Waals surface area contributed by atoms with Gasteiger partial charge in [-0.2, -0.15) is 0 Å².